The van der Waals surface area contributed by atoms with Gasteiger partial charge in [-0.1, -0.05) is 0 Å². The molecule has 0 unspecified atom stereocenters. The molecule has 1 aliphatic rings. The molecular formula is C13H24N2O4S. The van der Waals surface area contributed by atoms with Gasteiger partial charge in [-0.15, -0.1) is 0 Å². The van der Waals surface area contributed by atoms with Crippen molar-refractivity contribution in [3.63, 3.8) is 0 Å². The monoisotopic (exact) mass is 304 g/mol. The van der Waals surface area contributed by atoms with Gasteiger partial charge in [0.25, 0.3) is 0 Å². The molecule has 1 rings (SSSR count). The standard InChI is InChI=1S/C13H24N2O4S/c1-9-7-15(8-10(2)19-9)13(17)14-11(5-6-20-4)12(16)18-3/h9-11H,5-8H2,1-4H3,(H,14,17)/t9-,10+,11-/m1/s1. The molecule has 0 radical (unpaired) electrons. The van der Waals surface area contributed by atoms with Gasteiger partial charge in [0.2, 0.25) is 0 Å². The Hall–Kier alpha value is -0.950. The fourth-order valence-corrected chi connectivity index (χ4v) is 2.68. The van der Waals surface area contributed by atoms with Crippen LogP contribution < -0.4 is 5.32 Å². The quantitative estimate of drug-likeness (QED) is 0.770. The number of hydrogen-bond acceptors (Lipinski definition) is 5. The third kappa shape index (κ3) is 5.20. The van der Waals surface area contributed by atoms with Crippen molar-refractivity contribution in [3.8, 4) is 0 Å². The number of nitrogens with zero attached hydrogens (tertiary/aromatic N) is 1. The van der Waals surface area contributed by atoms with Crippen LogP contribution >= 0.6 is 11.8 Å². The number of ether oxygens (including phenoxy) is 2. The largest absolute Gasteiger partial charge is 0.467 e. The van der Waals surface area contributed by atoms with Gasteiger partial charge in [0, 0.05) is 13.1 Å². The van der Waals surface area contributed by atoms with E-state index in [9.17, 15) is 9.59 Å². The Kier molecular flexibility index (Phi) is 7.15. The van der Waals surface area contributed by atoms with Crippen molar-refractivity contribution >= 4 is 23.8 Å². The number of methoxy groups -OCH3 is 1. The molecule has 0 aliphatic carbocycles. The third-order valence-electron chi connectivity index (χ3n) is 3.10. The number of hydrogen-bond donors (Lipinski definition) is 1. The second-order valence-corrected chi connectivity index (χ2v) is 5.95. The van der Waals surface area contributed by atoms with Gasteiger partial charge in [0.15, 0.2) is 0 Å². The Labute approximate surface area is 124 Å². The van der Waals surface area contributed by atoms with E-state index in [4.69, 9.17) is 9.47 Å². The molecule has 0 aromatic heterocycles. The van der Waals surface area contributed by atoms with E-state index in [1.807, 2.05) is 20.1 Å². The van der Waals surface area contributed by atoms with Crippen molar-refractivity contribution < 1.29 is 19.1 Å². The van der Waals surface area contributed by atoms with Gasteiger partial charge in [-0.05, 0) is 32.3 Å². The van der Waals surface area contributed by atoms with E-state index in [1.54, 1.807) is 16.7 Å². The molecule has 1 saturated heterocycles. The van der Waals surface area contributed by atoms with Gasteiger partial charge in [-0.25, -0.2) is 9.59 Å². The molecule has 0 saturated carbocycles. The van der Waals surface area contributed by atoms with Crippen LogP contribution in [-0.2, 0) is 14.3 Å². The lowest BCUT2D eigenvalue weighted by Crippen LogP contribution is -2.55. The van der Waals surface area contributed by atoms with Crippen molar-refractivity contribution in [3.05, 3.63) is 0 Å². The first-order valence-corrected chi connectivity index (χ1v) is 8.15. The molecule has 3 atom stereocenters. The highest BCUT2D eigenvalue weighted by molar-refractivity contribution is 7.98. The Balaban J connectivity index is 2.57. The summed E-state index contributed by atoms with van der Waals surface area (Å²) in [5.74, 6) is 0.387. The van der Waals surface area contributed by atoms with Gasteiger partial charge in [-0.2, -0.15) is 11.8 Å². The van der Waals surface area contributed by atoms with Gasteiger partial charge in [0.1, 0.15) is 6.04 Å². The average molecular weight is 304 g/mol. The number of amides is 2. The van der Waals surface area contributed by atoms with Crippen LogP contribution in [-0.4, -0.2) is 67.4 Å². The van der Waals surface area contributed by atoms with E-state index in [0.717, 1.165) is 5.75 Å². The lowest BCUT2D eigenvalue weighted by Gasteiger charge is -2.35. The van der Waals surface area contributed by atoms with Crippen LogP contribution in [0.5, 0.6) is 0 Å². The summed E-state index contributed by atoms with van der Waals surface area (Å²) in [5, 5.41) is 2.76. The molecule has 6 nitrogen and oxygen atoms in total. The Morgan fingerprint density at radius 3 is 2.50 bits per heavy atom. The second kappa shape index (κ2) is 8.36. The van der Waals surface area contributed by atoms with E-state index in [2.05, 4.69) is 5.32 Å². The number of nitrogens with one attached hydrogen (secondary N) is 1. The van der Waals surface area contributed by atoms with Crippen LogP contribution in [0.2, 0.25) is 0 Å². The maximum Gasteiger partial charge on any atom is 0.328 e. The zero-order chi connectivity index (χ0) is 15.1. The van der Waals surface area contributed by atoms with Crippen molar-refractivity contribution in [1.82, 2.24) is 10.2 Å². The zero-order valence-electron chi connectivity index (χ0n) is 12.5. The molecular weight excluding hydrogens is 280 g/mol. The van der Waals surface area contributed by atoms with Gasteiger partial charge < -0.3 is 19.7 Å². The number of carbonyl (C=O) groups is 2. The molecule has 0 spiro atoms. The maximum atomic E-state index is 12.2. The molecule has 2 amide bonds. The number of morpholine rings is 1. The van der Waals surface area contributed by atoms with E-state index in [1.165, 1.54) is 7.11 Å². The molecule has 0 aromatic carbocycles. The molecule has 1 heterocycles. The van der Waals surface area contributed by atoms with Crippen molar-refractivity contribution in [1.29, 1.82) is 0 Å². The molecule has 20 heavy (non-hydrogen) atoms. The molecule has 0 bridgehead atoms. The first kappa shape index (κ1) is 17.1. The summed E-state index contributed by atoms with van der Waals surface area (Å²) in [5.41, 5.74) is 0. The highest BCUT2D eigenvalue weighted by Gasteiger charge is 2.29. The smallest absolute Gasteiger partial charge is 0.328 e. The van der Waals surface area contributed by atoms with Crippen molar-refractivity contribution in [2.45, 2.75) is 38.5 Å². The van der Waals surface area contributed by atoms with Gasteiger partial charge in [0.05, 0.1) is 19.3 Å². The zero-order valence-corrected chi connectivity index (χ0v) is 13.4. The van der Waals surface area contributed by atoms with Gasteiger partial charge >= 0.3 is 12.0 Å². The maximum absolute atomic E-state index is 12.2. The predicted molar refractivity (Wildman–Crippen MR) is 78.9 cm³/mol. The molecule has 116 valence electrons. The molecule has 1 fully saturated rings. The first-order chi connectivity index (χ1) is 9.47. The summed E-state index contributed by atoms with van der Waals surface area (Å²) in [6, 6.07) is -0.822. The first-order valence-electron chi connectivity index (χ1n) is 6.75. The molecule has 0 aromatic rings. The molecule has 7 heteroatoms. The fourth-order valence-electron chi connectivity index (χ4n) is 2.21. The Morgan fingerprint density at radius 1 is 1.40 bits per heavy atom. The third-order valence-corrected chi connectivity index (χ3v) is 3.74. The Morgan fingerprint density at radius 2 is 2.00 bits per heavy atom. The lowest BCUT2D eigenvalue weighted by atomic mass is 10.2. The summed E-state index contributed by atoms with van der Waals surface area (Å²) in [7, 11) is 1.33. The normalized spacial score (nSPS) is 24.1. The minimum atomic E-state index is -0.589. The second-order valence-electron chi connectivity index (χ2n) is 4.97. The van der Waals surface area contributed by atoms with Crippen molar-refractivity contribution in [2.75, 3.05) is 32.2 Å². The Bertz CT molecular complexity index is 330. The van der Waals surface area contributed by atoms with Crippen LogP contribution in [0.1, 0.15) is 20.3 Å². The SMILES string of the molecule is COC(=O)[C@@H](CCSC)NC(=O)N1C[C@@H](C)O[C@@H](C)C1. The van der Waals surface area contributed by atoms with E-state index >= 15 is 0 Å². The number of esters is 1. The highest BCUT2D eigenvalue weighted by atomic mass is 32.2. The average Bonchev–Trinajstić information content (AvgIpc) is 2.41. The summed E-state index contributed by atoms with van der Waals surface area (Å²) in [4.78, 5) is 25.6. The van der Waals surface area contributed by atoms with Crippen LogP contribution in [0.4, 0.5) is 4.79 Å². The van der Waals surface area contributed by atoms with E-state index < -0.39 is 12.0 Å². The predicted octanol–water partition coefficient (Wildman–Crippen LogP) is 1.10. The lowest BCUT2D eigenvalue weighted by molar-refractivity contribution is -0.143. The molecule has 1 aliphatic heterocycles. The summed E-state index contributed by atoms with van der Waals surface area (Å²) in [6.45, 7) is 4.93. The fraction of sp³-hybridized carbons (Fsp3) is 0.846. The topological polar surface area (TPSA) is 67.9 Å². The highest BCUT2D eigenvalue weighted by Crippen LogP contribution is 2.11. The summed E-state index contributed by atoms with van der Waals surface area (Å²) >= 11 is 1.63. The van der Waals surface area contributed by atoms with Crippen LogP contribution in [0, 0.1) is 0 Å². The van der Waals surface area contributed by atoms with Crippen molar-refractivity contribution in [2.24, 2.45) is 0 Å². The van der Waals surface area contributed by atoms with Crippen LogP contribution in [0.3, 0.4) is 0 Å². The summed E-state index contributed by atoms with van der Waals surface area (Å²) in [6.07, 6.45) is 2.54. The van der Waals surface area contributed by atoms with Crippen LogP contribution in [0.25, 0.3) is 0 Å². The minimum absolute atomic E-state index is 0.00674. The van der Waals surface area contributed by atoms with E-state index in [0.29, 0.717) is 19.5 Å². The number of urea groups is 1. The minimum Gasteiger partial charge on any atom is -0.467 e. The number of rotatable bonds is 5. The van der Waals surface area contributed by atoms with Crippen LogP contribution in [0.15, 0.2) is 0 Å². The number of thioether (sulfide) groups is 1. The van der Waals surface area contributed by atoms with E-state index in [-0.39, 0.29) is 18.2 Å². The number of carbonyl (C=O) groups excluding carboxylic acids is 2. The van der Waals surface area contributed by atoms with Gasteiger partial charge in [-0.3, -0.25) is 0 Å². The summed E-state index contributed by atoms with van der Waals surface area (Å²) < 4.78 is 10.3. The molecule has 1 N–H and O–H groups in total.